The van der Waals surface area contributed by atoms with Crippen molar-refractivity contribution in [1.82, 2.24) is 25.4 Å². The molecule has 0 radical (unpaired) electrons. The van der Waals surface area contributed by atoms with Gasteiger partial charge in [-0.25, -0.2) is 18.9 Å². The summed E-state index contributed by atoms with van der Waals surface area (Å²) >= 11 is 0. The van der Waals surface area contributed by atoms with Gasteiger partial charge in [0.25, 0.3) is 5.91 Å². The molecule has 1 N–H and O–H groups in total. The van der Waals surface area contributed by atoms with Gasteiger partial charge in [0.2, 0.25) is 0 Å². The standard InChI is InChI=1S/C14H13F4N5O3/c1-22(13(25)26-2)20-12(24)11-7-23(21-19-11)6-8-3-4-10(15)9(5-8)14(16,17)18/h3-5,7H,6H2,1-2H3,(H,20,24). The van der Waals surface area contributed by atoms with Crippen LogP contribution in [0.1, 0.15) is 21.6 Å². The van der Waals surface area contributed by atoms with Crippen molar-refractivity contribution < 1.29 is 31.9 Å². The van der Waals surface area contributed by atoms with E-state index in [0.29, 0.717) is 12.1 Å². The zero-order chi connectivity index (χ0) is 19.5. The minimum absolute atomic E-state index is 0.113. The van der Waals surface area contributed by atoms with Crippen molar-refractivity contribution in [2.75, 3.05) is 14.2 Å². The van der Waals surface area contributed by atoms with E-state index in [1.807, 2.05) is 0 Å². The summed E-state index contributed by atoms with van der Waals surface area (Å²) in [6, 6.07) is 2.52. The highest BCUT2D eigenvalue weighted by atomic mass is 19.4. The highest BCUT2D eigenvalue weighted by molar-refractivity contribution is 5.92. The molecule has 0 fully saturated rings. The fourth-order valence-electron chi connectivity index (χ4n) is 1.95. The molecular weight excluding hydrogens is 362 g/mol. The lowest BCUT2D eigenvalue weighted by atomic mass is 10.1. The highest BCUT2D eigenvalue weighted by Crippen LogP contribution is 2.31. The molecule has 2 aromatic rings. The molecule has 0 spiro atoms. The van der Waals surface area contributed by atoms with Crippen LogP contribution in [0.25, 0.3) is 0 Å². The number of hydrogen-bond donors (Lipinski definition) is 1. The molecule has 2 amide bonds. The van der Waals surface area contributed by atoms with Crippen LogP contribution in [0, 0.1) is 5.82 Å². The van der Waals surface area contributed by atoms with Crippen molar-refractivity contribution in [3.05, 3.63) is 47.0 Å². The highest BCUT2D eigenvalue weighted by Gasteiger charge is 2.34. The lowest BCUT2D eigenvalue weighted by Crippen LogP contribution is -2.43. The van der Waals surface area contributed by atoms with Crippen LogP contribution in [-0.2, 0) is 17.5 Å². The normalized spacial score (nSPS) is 11.2. The van der Waals surface area contributed by atoms with Gasteiger partial charge in [0.15, 0.2) is 5.69 Å². The Morgan fingerprint density at radius 1 is 1.35 bits per heavy atom. The number of rotatable bonds is 3. The largest absolute Gasteiger partial charge is 0.452 e. The van der Waals surface area contributed by atoms with Crippen LogP contribution >= 0.6 is 0 Å². The number of alkyl halides is 3. The van der Waals surface area contributed by atoms with Gasteiger partial charge in [-0.2, -0.15) is 13.2 Å². The van der Waals surface area contributed by atoms with E-state index in [-0.39, 0.29) is 17.8 Å². The van der Waals surface area contributed by atoms with Gasteiger partial charge in [-0.1, -0.05) is 11.3 Å². The van der Waals surface area contributed by atoms with Gasteiger partial charge in [-0.05, 0) is 17.7 Å². The summed E-state index contributed by atoms with van der Waals surface area (Å²) in [5.74, 6) is -2.16. The van der Waals surface area contributed by atoms with E-state index >= 15 is 0 Å². The number of amides is 2. The number of hydrogen-bond acceptors (Lipinski definition) is 5. The average Bonchev–Trinajstić information content (AvgIpc) is 3.03. The third kappa shape index (κ3) is 4.46. The predicted molar refractivity (Wildman–Crippen MR) is 78.2 cm³/mol. The number of carbonyl (C=O) groups is 2. The molecule has 2 rings (SSSR count). The quantitative estimate of drug-likeness (QED) is 0.653. The Bertz CT molecular complexity index is 821. The maximum atomic E-state index is 13.3. The van der Waals surface area contributed by atoms with Crippen LogP contribution in [0.4, 0.5) is 22.4 Å². The number of benzene rings is 1. The number of hydrazine groups is 1. The SMILES string of the molecule is COC(=O)N(C)NC(=O)c1cn(Cc2ccc(F)c(C(F)(F)F)c2)nn1. The molecule has 12 heteroatoms. The lowest BCUT2D eigenvalue weighted by molar-refractivity contribution is -0.140. The van der Waals surface area contributed by atoms with E-state index in [4.69, 9.17) is 0 Å². The number of halogens is 4. The molecule has 0 unspecified atom stereocenters. The van der Waals surface area contributed by atoms with Crippen molar-refractivity contribution in [3.63, 3.8) is 0 Å². The molecule has 0 atom stereocenters. The van der Waals surface area contributed by atoms with Crippen molar-refractivity contribution in [2.45, 2.75) is 12.7 Å². The van der Waals surface area contributed by atoms with E-state index < -0.39 is 29.6 Å². The average molecular weight is 375 g/mol. The smallest absolute Gasteiger partial charge is 0.428 e. The van der Waals surface area contributed by atoms with Crippen LogP contribution < -0.4 is 5.43 Å². The number of nitrogens with one attached hydrogen (secondary N) is 1. The zero-order valence-corrected chi connectivity index (χ0v) is 13.5. The molecule has 0 aliphatic rings. The van der Waals surface area contributed by atoms with Gasteiger partial charge in [0.05, 0.1) is 25.4 Å². The molecule has 1 heterocycles. The molecule has 0 bridgehead atoms. The Kier molecular flexibility index (Phi) is 5.43. The monoisotopic (exact) mass is 375 g/mol. The minimum atomic E-state index is -4.83. The van der Waals surface area contributed by atoms with E-state index in [9.17, 15) is 27.2 Å². The first-order chi connectivity index (χ1) is 12.1. The van der Waals surface area contributed by atoms with Crippen LogP contribution in [-0.4, -0.2) is 46.2 Å². The van der Waals surface area contributed by atoms with Crippen molar-refractivity contribution in [2.24, 2.45) is 0 Å². The molecular formula is C14H13F4N5O3. The van der Waals surface area contributed by atoms with Gasteiger partial charge in [-0.15, -0.1) is 5.10 Å². The fourth-order valence-corrected chi connectivity index (χ4v) is 1.95. The molecule has 1 aromatic heterocycles. The lowest BCUT2D eigenvalue weighted by Gasteiger charge is -2.15. The maximum Gasteiger partial charge on any atom is 0.428 e. The Morgan fingerprint density at radius 3 is 2.65 bits per heavy atom. The summed E-state index contributed by atoms with van der Waals surface area (Å²) < 4.78 is 56.9. The third-order valence-electron chi connectivity index (χ3n) is 3.17. The Hall–Kier alpha value is -3.18. The second-order valence-electron chi connectivity index (χ2n) is 5.08. The summed E-state index contributed by atoms with van der Waals surface area (Å²) in [6.07, 6.45) is -4.49. The molecule has 0 aliphatic heterocycles. The summed E-state index contributed by atoms with van der Waals surface area (Å²) in [6.45, 7) is -0.170. The first kappa shape index (κ1) is 19.1. The maximum absolute atomic E-state index is 13.3. The molecule has 26 heavy (non-hydrogen) atoms. The third-order valence-corrected chi connectivity index (χ3v) is 3.17. The van der Waals surface area contributed by atoms with Gasteiger partial charge in [0, 0.05) is 7.05 Å². The van der Waals surface area contributed by atoms with E-state index in [0.717, 1.165) is 29.1 Å². The molecule has 140 valence electrons. The van der Waals surface area contributed by atoms with Crippen molar-refractivity contribution in [1.29, 1.82) is 0 Å². The van der Waals surface area contributed by atoms with E-state index in [2.05, 4.69) is 20.5 Å². The topological polar surface area (TPSA) is 89.4 Å². The second-order valence-corrected chi connectivity index (χ2v) is 5.08. The Labute approximate surface area is 144 Å². The van der Waals surface area contributed by atoms with Gasteiger partial charge < -0.3 is 4.74 Å². The number of carbonyl (C=O) groups excluding carboxylic acids is 2. The van der Waals surface area contributed by atoms with E-state index in [1.165, 1.54) is 7.05 Å². The number of methoxy groups -OCH3 is 1. The number of aromatic nitrogens is 3. The molecule has 1 aromatic carbocycles. The van der Waals surface area contributed by atoms with Crippen molar-refractivity contribution >= 4 is 12.0 Å². The van der Waals surface area contributed by atoms with Crippen LogP contribution in [0.15, 0.2) is 24.4 Å². The van der Waals surface area contributed by atoms with Gasteiger partial charge >= 0.3 is 12.3 Å². The summed E-state index contributed by atoms with van der Waals surface area (Å²) in [5.41, 5.74) is 0.702. The molecule has 0 saturated heterocycles. The molecule has 0 saturated carbocycles. The van der Waals surface area contributed by atoms with E-state index in [1.54, 1.807) is 0 Å². The van der Waals surface area contributed by atoms with Crippen LogP contribution in [0.2, 0.25) is 0 Å². The van der Waals surface area contributed by atoms with Gasteiger partial charge in [-0.3, -0.25) is 10.2 Å². The van der Waals surface area contributed by atoms with Crippen LogP contribution in [0.3, 0.4) is 0 Å². The Morgan fingerprint density at radius 2 is 2.04 bits per heavy atom. The predicted octanol–water partition coefficient (Wildman–Crippen LogP) is 1.83. The summed E-state index contributed by atoms with van der Waals surface area (Å²) in [4.78, 5) is 23.1. The number of ether oxygens (including phenoxy) is 1. The molecule has 8 nitrogen and oxygen atoms in total. The number of nitrogens with zero attached hydrogens (tertiary/aromatic N) is 4. The Balaban J connectivity index is 2.11. The minimum Gasteiger partial charge on any atom is -0.452 e. The van der Waals surface area contributed by atoms with Crippen molar-refractivity contribution in [3.8, 4) is 0 Å². The first-order valence-electron chi connectivity index (χ1n) is 7.00. The second kappa shape index (κ2) is 7.37. The fraction of sp³-hybridized carbons (Fsp3) is 0.286. The zero-order valence-electron chi connectivity index (χ0n) is 13.5. The van der Waals surface area contributed by atoms with Gasteiger partial charge in [0.1, 0.15) is 5.82 Å². The van der Waals surface area contributed by atoms with Crippen LogP contribution in [0.5, 0.6) is 0 Å². The first-order valence-corrected chi connectivity index (χ1v) is 7.00. The molecule has 0 aliphatic carbocycles. The summed E-state index contributed by atoms with van der Waals surface area (Å²) in [7, 11) is 2.37. The summed E-state index contributed by atoms with van der Waals surface area (Å²) in [5, 5.41) is 7.96.